The molecule has 2 aromatic rings. The molecule has 7 heteroatoms. The second-order valence-corrected chi connectivity index (χ2v) is 6.73. The lowest BCUT2D eigenvalue weighted by Gasteiger charge is -2.32. The fourth-order valence-electron chi connectivity index (χ4n) is 3.26. The van der Waals surface area contributed by atoms with Crippen LogP contribution in [0.2, 0.25) is 0 Å². The molecule has 0 bridgehead atoms. The molecule has 0 aliphatic carbocycles. The second kappa shape index (κ2) is 9.30. The largest absolute Gasteiger partial charge is 0.435 e. The van der Waals surface area contributed by atoms with Gasteiger partial charge in [0.1, 0.15) is 5.75 Å². The molecular weight excluding hydrogens is 366 g/mol. The highest BCUT2D eigenvalue weighted by molar-refractivity contribution is 5.93. The van der Waals surface area contributed by atoms with Crippen molar-refractivity contribution in [2.45, 2.75) is 25.9 Å². The summed E-state index contributed by atoms with van der Waals surface area (Å²) in [5.74, 6) is -0.439. The van der Waals surface area contributed by atoms with Gasteiger partial charge in [-0.25, -0.2) is 0 Å². The summed E-state index contributed by atoms with van der Waals surface area (Å²) in [6.45, 7) is -1.86. The molecule has 1 fully saturated rings. The first-order chi connectivity index (χ1) is 13.5. The van der Waals surface area contributed by atoms with Gasteiger partial charge in [-0.15, -0.1) is 0 Å². The Morgan fingerprint density at radius 1 is 1.11 bits per heavy atom. The fraction of sp³-hybridized carbons (Fsp3) is 0.333. The van der Waals surface area contributed by atoms with E-state index in [1.165, 1.54) is 24.3 Å². The molecule has 0 radical (unpaired) electrons. The third kappa shape index (κ3) is 5.52. The molecule has 1 saturated heterocycles. The number of ether oxygens (including phenoxy) is 1. The topological polar surface area (TPSA) is 58.6 Å². The molecule has 3 rings (SSSR count). The molecular formula is C21H22F2N2O3. The van der Waals surface area contributed by atoms with Gasteiger partial charge in [0, 0.05) is 18.8 Å². The number of carbonyl (C=O) groups is 2. The summed E-state index contributed by atoms with van der Waals surface area (Å²) >= 11 is 0. The Labute approximate surface area is 162 Å². The molecule has 28 heavy (non-hydrogen) atoms. The highest BCUT2D eigenvalue weighted by atomic mass is 19.3. The Morgan fingerprint density at radius 2 is 1.82 bits per heavy atom. The average Bonchev–Trinajstić information content (AvgIpc) is 2.70. The second-order valence-electron chi connectivity index (χ2n) is 6.73. The van der Waals surface area contributed by atoms with Crippen molar-refractivity contribution >= 4 is 17.5 Å². The summed E-state index contributed by atoms with van der Waals surface area (Å²) in [6.07, 6.45) is 1.79. The van der Waals surface area contributed by atoms with Gasteiger partial charge in [0.25, 0.3) is 0 Å². The van der Waals surface area contributed by atoms with Crippen molar-refractivity contribution in [1.29, 1.82) is 0 Å². The maximum Gasteiger partial charge on any atom is 0.387 e. The van der Waals surface area contributed by atoms with Crippen LogP contribution in [0.3, 0.4) is 0 Å². The number of alkyl halides is 2. The van der Waals surface area contributed by atoms with Crippen LogP contribution in [0.4, 0.5) is 14.5 Å². The van der Waals surface area contributed by atoms with E-state index in [1.807, 2.05) is 30.3 Å². The number of anilines is 1. The number of halogens is 2. The molecule has 5 nitrogen and oxygen atoms in total. The lowest BCUT2D eigenvalue weighted by molar-refractivity contribution is -0.133. The summed E-state index contributed by atoms with van der Waals surface area (Å²) in [4.78, 5) is 26.8. The number of nitrogens with one attached hydrogen (secondary N) is 1. The minimum absolute atomic E-state index is 0.0113. The molecule has 1 atom stereocenters. The van der Waals surface area contributed by atoms with Crippen molar-refractivity contribution in [2.75, 3.05) is 18.4 Å². The summed E-state index contributed by atoms with van der Waals surface area (Å²) in [5, 5.41) is 2.78. The fourth-order valence-corrected chi connectivity index (χ4v) is 3.26. The van der Waals surface area contributed by atoms with Gasteiger partial charge in [-0.05, 0) is 42.7 Å². The molecule has 1 N–H and O–H groups in total. The Morgan fingerprint density at radius 3 is 2.50 bits per heavy atom. The molecule has 1 aliphatic rings. The van der Waals surface area contributed by atoms with Gasteiger partial charge in [0.2, 0.25) is 11.8 Å². The van der Waals surface area contributed by atoms with Crippen LogP contribution in [0.15, 0.2) is 54.6 Å². The molecule has 2 amide bonds. The van der Waals surface area contributed by atoms with E-state index in [4.69, 9.17) is 0 Å². The highest BCUT2D eigenvalue weighted by Crippen LogP contribution is 2.22. The van der Waals surface area contributed by atoms with Gasteiger partial charge in [-0.1, -0.05) is 30.3 Å². The lowest BCUT2D eigenvalue weighted by atomic mass is 9.96. The van der Waals surface area contributed by atoms with E-state index < -0.39 is 6.61 Å². The molecule has 0 saturated carbocycles. The molecule has 2 aromatic carbocycles. The summed E-state index contributed by atoms with van der Waals surface area (Å²) in [6, 6.07) is 15.3. The van der Waals surface area contributed by atoms with Crippen LogP contribution < -0.4 is 10.1 Å². The standard InChI is InChI=1S/C21H22F2N2O3/c22-21(23)28-18-10-8-17(9-11-18)24-20(27)16-7-4-12-25(14-16)19(26)13-15-5-2-1-3-6-15/h1-3,5-6,8-11,16,21H,4,7,12-14H2,(H,24,27). The third-order valence-corrected chi connectivity index (χ3v) is 4.69. The van der Waals surface area contributed by atoms with Crippen LogP contribution in [-0.4, -0.2) is 36.4 Å². The van der Waals surface area contributed by atoms with Crippen LogP contribution in [0.5, 0.6) is 5.75 Å². The van der Waals surface area contributed by atoms with Crippen molar-refractivity contribution in [1.82, 2.24) is 4.90 Å². The number of nitrogens with zero attached hydrogens (tertiary/aromatic N) is 1. The van der Waals surface area contributed by atoms with E-state index in [0.29, 0.717) is 31.6 Å². The predicted octanol–water partition coefficient (Wildman–Crippen LogP) is 3.71. The lowest BCUT2D eigenvalue weighted by Crippen LogP contribution is -2.44. The zero-order chi connectivity index (χ0) is 19.9. The number of benzene rings is 2. The molecule has 0 spiro atoms. The maximum atomic E-state index is 12.6. The van der Waals surface area contributed by atoms with E-state index in [2.05, 4.69) is 10.1 Å². The first kappa shape index (κ1) is 19.8. The van der Waals surface area contributed by atoms with Gasteiger partial charge in [-0.2, -0.15) is 8.78 Å². The Balaban J connectivity index is 1.54. The van der Waals surface area contributed by atoms with Gasteiger partial charge >= 0.3 is 6.61 Å². The quantitative estimate of drug-likeness (QED) is 0.821. The first-order valence-electron chi connectivity index (χ1n) is 9.18. The molecule has 1 unspecified atom stereocenters. The number of likely N-dealkylation sites (tertiary alicyclic amines) is 1. The summed E-state index contributed by atoms with van der Waals surface area (Å²) in [7, 11) is 0. The van der Waals surface area contributed by atoms with Crippen LogP contribution in [0.1, 0.15) is 18.4 Å². The van der Waals surface area contributed by atoms with Crippen LogP contribution in [0.25, 0.3) is 0 Å². The summed E-state index contributed by atoms with van der Waals surface area (Å²) in [5.41, 5.74) is 1.45. The minimum atomic E-state index is -2.89. The van der Waals surface area contributed by atoms with Crippen molar-refractivity contribution in [2.24, 2.45) is 5.92 Å². The number of piperidine rings is 1. The van der Waals surface area contributed by atoms with Gasteiger partial charge in [-0.3, -0.25) is 9.59 Å². The van der Waals surface area contributed by atoms with Crippen LogP contribution >= 0.6 is 0 Å². The van der Waals surface area contributed by atoms with Gasteiger partial charge < -0.3 is 15.0 Å². The van der Waals surface area contributed by atoms with E-state index in [-0.39, 0.29) is 23.5 Å². The monoisotopic (exact) mass is 388 g/mol. The Hall–Kier alpha value is -2.96. The van der Waals surface area contributed by atoms with Crippen molar-refractivity contribution < 1.29 is 23.1 Å². The molecule has 1 aliphatic heterocycles. The van der Waals surface area contributed by atoms with E-state index in [1.54, 1.807) is 4.90 Å². The minimum Gasteiger partial charge on any atom is -0.435 e. The zero-order valence-electron chi connectivity index (χ0n) is 15.3. The normalized spacial score (nSPS) is 16.7. The number of amides is 2. The third-order valence-electron chi connectivity index (χ3n) is 4.69. The SMILES string of the molecule is O=C(Nc1ccc(OC(F)F)cc1)C1CCCN(C(=O)Cc2ccccc2)C1. The van der Waals surface area contributed by atoms with Gasteiger partial charge in [0.15, 0.2) is 0 Å². The van der Waals surface area contributed by atoms with E-state index in [9.17, 15) is 18.4 Å². The molecule has 148 valence electrons. The first-order valence-corrected chi connectivity index (χ1v) is 9.18. The number of hydrogen-bond acceptors (Lipinski definition) is 3. The number of rotatable bonds is 6. The smallest absolute Gasteiger partial charge is 0.387 e. The summed E-state index contributed by atoms with van der Waals surface area (Å²) < 4.78 is 28.7. The average molecular weight is 388 g/mol. The maximum absolute atomic E-state index is 12.6. The van der Waals surface area contributed by atoms with E-state index in [0.717, 1.165) is 12.0 Å². The zero-order valence-corrected chi connectivity index (χ0v) is 15.3. The molecule has 0 aromatic heterocycles. The van der Waals surface area contributed by atoms with Crippen molar-refractivity contribution in [3.05, 3.63) is 60.2 Å². The number of hydrogen-bond donors (Lipinski definition) is 1. The Kier molecular flexibility index (Phi) is 6.57. The predicted molar refractivity (Wildman–Crippen MR) is 101 cm³/mol. The van der Waals surface area contributed by atoms with E-state index >= 15 is 0 Å². The van der Waals surface area contributed by atoms with Crippen LogP contribution in [0, 0.1) is 5.92 Å². The Bertz CT molecular complexity index is 797. The van der Waals surface area contributed by atoms with Crippen molar-refractivity contribution in [3.63, 3.8) is 0 Å². The van der Waals surface area contributed by atoms with Crippen molar-refractivity contribution in [3.8, 4) is 5.75 Å². The van der Waals surface area contributed by atoms with Crippen LogP contribution in [-0.2, 0) is 16.0 Å². The highest BCUT2D eigenvalue weighted by Gasteiger charge is 2.28. The molecule has 1 heterocycles. The number of carbonyl (C=O) groups excluding carboxylic acids is 2. The van der Waals surface area contributed by atoms with Gasteiger partial charge in [0.05, 0.1) is 12.3 Å².